The van der Waals surface area contributed by atoms with Crippen LogP contribution < -0.4 is 10.6 Å². The predicted molar refractivity (Wildman–Crippen MR) is 100 cm³/mol. The van der Waals surface area contributed by atoms with Gasteiger partial charge in [0.2, 0.25) is 0 Å². The summed E-state index contributed by atoms with van der Waals surface area (Å²) in [4.78, 5) is 8.60. The van der Waals surface area contributed by atoms with Crippen LogP contribution >= 0.6 is 0 Å². The van der Waals surface area contributed by atoms with Crippen LogP contribution in [0.3, 0.4) is 0 Å². The maximum Gasteiger partial charge on any atom is 0.131 e. The Morgan fingerprint density at radius 3 is 2.54 bits per heavy atom. The average molecular weight is 322 g/mol. The van der Waals surface area contributed by atoms with Gasteiger partial charge in [-0.25, -0.2) is 9.97 Å². The lowest BCUT2D eigenvalue weighted by Crippen LogP contribution is -2.07. The van der Waals surface area contributed by atoms with E-state index in [1.807, 2.05) is 6.07 Å². The lowest BCUT2D eigenvalue weighted by Gasteiger charge is -2.13. The second-order valence-corrected chi connectivity index (χ2v) is 6.41. The number of rotatable bonds is 7. The van der Waals surface area contributed by atoms with Gasteiger partial charge in [0, 0.05) is 19.2 Å². The van der Waals surface area contributed by atoms with Crippen LogP contribution in [-0.2, 0) is 6.54 Å². The molecular formula is C20H26N4. The normalized spacial score (nSPS) is 14.1. The van der Waals surface area contributed by atoms with Gasteiger partial charge in [-0.15, -0.1) is 0 Å². The molecule has 1 aromatic carbocycles. The van der Waals surface area contributed by atoms with E-state index in [9.17, 15) is 0 Å². The zero-order valence-electron chi connectivity index (χ0n) is 14.4. The molecule has 1 aliphatic rings. The van der Waals surface area contributed by atoms with Gasteiger partial charge in [-0.3, -0.25) is 0 Å². The summed E-state index contributed by atoms with van der Waals surface area (Å²) < 4.78 is 0. The quantitative estimate of drug-likeness (QED) is 0.726. The van der Waals surface area contributed by atoms with Gasteiger partial charge in [-0.1, -0.05) is 41.5 Å². The highest BCUT2D eigenvalue weighted by Crippen LogP contribution is 2.20. The van der Waals surface area contributed by atoms with Gasteiger partial charge < -0.3 is 10.6 Å². The van der Waals surface area contributed by atoms with Gasteiger partial charge in [-0.2, -0.15) is 0 Å². The van der Waals surface area contributed by atoms with Crippen molar-refractivity contribution in [2.24, 2.45) is 0 Å². The number of nitrogens with zero attached hydrogens (tertiary/aromatic N) is 2. The molecule has 0 saturated carbocycles. The largest absolute Gasteiger partial charge is 0.370 e. The summed E-state index contributed by atoms with van der Waals surface area (Å²) in [5.41, 5.74) is 4.11. The third-order valence-electron chi connectivity index (χ3n) is 4.40. The molecule has 0 unspecified atom stereocenters. The van der Waals surface area contributed by atoms with Gasteiger partial charge >= 0.3 is 0 Å². The van der Waals surface area contributed by atoms with Crippen molar-refractivity contribution in [2.75, 3.05) is 17.2 Å². The highest BCUT2D eigenvalue weighted by molar-refractivity contribution is 5.46. The Bertz CT molecular complexity index is 676. The second kappa shape index (κ2) is 8.48. The molecule has 0 aliphatic heterocycles. The first kappa shape index (κ1) is 16.5. The molecule has 0 fully saturated rings. The number of aromatic nitrogens is 2. The number of aryl methyl sites for hydroxylation is 1. The molecule has 0 spiro atoms. The van der Waals surface area contributed by atoms with Crippen molar-refractivity contribution in [3.63, 3.8) is 0 Å². The topological polar surface area (TPSA) is 49.8 Å². The number of anilines is 2. The zero-order valence-corrected chi connectivity index (χ0v) is 14.4. The Hall–Kier alpha value is -2.36. The maximum atomic E-state index is 4.31. The summed E-state index contributed by atoms with van der Waals surface area (Å²) in [5, 5.41) is 6.76. The van der Waals surface area contributed by atoms with Gasteiger partial charge in [0.05, 0.1) is 0 Å². The molecule has 4 nitrogen and oxygen atoms in total. The van der Waals surface area contributed by atoms with Crippen molar-refractivity contribution in [3.8, 4) is 0 Å². The molecule has 126 valence electrons. The lowest BCUT2D eigenvalue weighted by atomic mass is 9.97. The summed E-state index contributed by atoms with van der Waals surface area (Å²) in [6.07, 6.45) is 10.3. The van der Waals surface area contributed by atoms with Crippen LogP contribution in [0.15, 0.2) is 48.3 Å². The molecular weight excluding hydrogens is 296 g/mol. The minimum absolute atomic E-state index is 0.767. The Morgan fingerprint density at radius 2 is 1.79 bits per heavy atom. The summed E-state index contributed by atoms with van der Waals surface area (Å²) in [6.45, 7) is 3.80. The average Bonchev–Trinajstić information content (AvgIpc) is 2.63. The van der Waals surface area contributed by atoms with E-state index in [2.05, 4.69) is 57.9 Å². The summed E-state index contributed by atoms with van der Waals surface area (Å²) in [5.74, 6) is 1.73. The summed E-state index contributed by atoms with van der Waals surface area (Å²) >= 11 is 0. The minimum Gasteiger partial charge on any atom is -0.370 e. The van der Waals surface area contributed by atoms with E-state index in [-0.39, 0.29) is 0 Å². The van der Waals surface area contributed by atoms with E-state index in [0.717, 1.165) is 31.1 Å². The smallest absolute Gasteiger partial charge is 0.131 e. The Labute approximate surface area is 144 Å². The summed E-state index contributed by atoms with van der Waals surface area (Å²) in [7, 11) is 0. The van der Waals surface area contributed by atoms with Crippen molar-refractivity contribution in [2.45, 2.75) is 45.6 Å². The molecule has 2 N–H and O–H groups in total. The molecule has 3 rings (SSSR count). The number of allylic oxidation sites excluding steroid dienone is 1. The fourth-order valence-electron chi connectivity index (χ4n) is 2.93. The van der Waals surface area contributed by atoms with Crippen LogP contribution in [0.4, 0.5) is 11.6 Å². The first-order valence-electron chi connectivity index (χ1n) is 8.83. The van der Waals surface area contributed by atoms with Crippen LogP contribution in [0.1, 0.15) is 43.2 Å². The van der Waals surface area contributed by atoms with E-state index >= 15 is 0 Å². The van der Waals surface area contributed by atoms with E-state index in [1.165, 1.54) is 36.8 Å². The molecule has 0 atom stereocenters. The van der Waals surface area contributed by atoms with E-state index in [1.54, 1.807) is 11.9 Å². The Morgan fingerprint density at radius 1 is 1.00 bits per heavy atom. The fraction of sp³-hybridized carbons (Fsp3) is 0.400. The molecule has 24 heavy (non-hydrogen) atoms. The summed E-state index contributed by atoms with van der Waals surface area (Å²) in [6, 6.07) is 10.5. The first-order valence-corrected chi connectivity index (χ1v) is 8.83. The lowest BCUT2D eigenvalue weighted by molar-refractivity contribution is 0.679. The molecule has 1 heterocycles. The van der Waals surface area contributed by atoms with E-state index in [4.69, 9.17) is 0 Å². The van der Waals surface area contributed by atoms with Gasteiger partial charge in [0.15, 0.2) is 0 Å². The molecule has 2 aromatic rings. The second-order valence-electron chi connectivity index (χ2n) is 6.41. The van der Waals surface area contributed by atoms with Crippen LogP contribution in [0.2, 0.25) is 0 Å². The molecule has 4 heteroatoms. The zero-order chi connectivity index (χ0) is 16.6. The maximum absolute atomic E-state index is 4.31. The predicted octanol–water partition coefficient (Wildman–Crippen LogP) is 4.70. The molecule has 0 radical (unpaired) electrons. The first-order chi connectivity index (χ1) is 11.8. The molecule has 1 aliphatic carbocycles. The van der Waals surface area contributed by atoms with Crippen LogP contribution in [0, 0.1) is 6.92 Å². The minimum atomic E-state index is 0.767. The van der Waals surface area contributed by atoms with Crippen molar-refractivity contribution >= 4 is 11.6 Å². The van der Waals surface area contributed by atoms with Crippen LogP contribution in [0.5, 0.6) is 0 Å². The number of benzene rings is 1. The van der Waals surface area contributed by atoms with Crippen molar-refractivity contribution in [1.82, 2.24) is 9.97 Å². The van der Waals surface area contributed by atoms with Crippen molar-refractivity contribution < 1.29 is 0 Å². The molecule has 0 bridgehead atoms. The SMILES string of the molecule is Cc1ccc(CNc2cc(NCCC3=CCCCC3)ncn2)cc1. The number of nitrogens with one attached hydrogen (secondary N) is 2. The monoisotopic (exact) mass is 322 g/mol. The fourth-order valence-corrected chi connectivity index (χ4v) is 2.93. The number of hydrogen-bond donors (Lipinski definition) is 2. The Kier molecular flexibility index (Phi) is 5.83. The third-order valence-corrected chi connectivity index (χ3v) is 4.40. The van der Waals surface area contributed by atoms with E-state index in [0.29, 0.717) is 0 Å². The van der Waals surface area contributed by atoms with Gasteiger partial charge in [0.25, 0.3) is 0 Å². The highest BCUT2D eigenvalue weighted by atomic mass is 15.1. The molecule has 0 saturated heterocycles. The van der Waals surface area contributed by atoms with Crippen LogP contribution in [-0.4, -0.2) is 16.5 Å². The molecule has 1 aromatic heterocycles. The number of hydrogen-bond acceptors (Lipinski definition) is 4. The third kappa shape index (κ3) is 5.08. The van der Waals surface area contributed by atoms with Gasteiger partial charge in [-0.05, 0) is 44.6 Å². The Balaban J connectivity index is 1.48. The van der Waals surface area contributed by atoms with Crippen molar-refractivity contribution in [3.05, 3.63) is 59.4 Å². The van der Waals surface area contributed by atoms with E-state index < -0.39 is 0 Å². The molecule has 0 amide bonds. The standard InChI is InChI=1S/C20H26N4/c1-16-7-9-18(10-8-16)14-22-20-13-19(23-15-24-20)21-12-11-17-5-3-2-4-6-17/h5,7-10,13,15H,2-4,6,11-12,14H2,1H3,(H2,21,22,23,24). The van der Waals surface area contributed by atoms with Gasteiger partial charge in [0.1, 0.15) is 18.0 Å². The van der Waals surface area contributed by atoms with Crippen LogP contribution in [0.25, 0.3) is 0 Å². The highest BCUT2D eigenvalue weighted by Gasteiger charge is 2.04. The van der Waals surface area contributed by atoms with Crippen molar-refractivity contribution in [1.29, 1.82) is 0 Å².